The van der Waals surface area contributed by atoms with Crippen LogP contribution in [0.5, 0.6) is 0 Å². The number of nitriles is 1. The van der Waals surface area contributed by atoms with Crippen LogP contribution in [0.3, 0.4) is 0 Å². The minimum atomic E-state index is -3.61. The fourth-order valence-corrected chi connectivity index (χ4v) is 4.67. The zero-order valence-corrected chi connectivity index (χ0v) is 17.1. The lowest BCUT2D eigenvalue weighted by Crippen LogP contribution is -2.48. The first-order valence-corrected chi connectivity index (χ1v) is 10.9. The molecule has 0 amide bonds. The Kier molecular flexibility index (Phi) is 6.64. The van der Waals surface area contributed by atoms with E-state index in [1.807, 2.05) is 18.2 Å². The maximum Gasteiger partial charge on any atom is 0.338 e. The lowest BCUT2D eigenvalue weighted by atomic mass is 10.1. The Labute approximate surface area is 171 Å². The second-order valence-corrected chi connectivity index (χ2v) is 8.68. The third-order valence-electron chi connectivity index (χ3n) is 4.80. The summed E-state index contributed by atoms with van der Waals surface area (Å²) in [5.41, 5.74) is 1.99. The van der Waals surface area contributed by atoms with Gasteiger partial charge >= 0.3 is 5.97 Å². The van der Waals surface area contributed by atoms with Gasteiger partial charge in [-0.2, -0.15) is 9.57 Å². The first-order valence-electron chi connectivity index (χ1n) is 9.43. The number of rotatable bonds is 6. The molecule has 0 radical (unpaired) electrons. The highest BCUT2D eigenvalue weighted by Crippen LogP contribution is 2.19. The number of esters is 1. The first-order chi connectivity index (χ1) is 13.9. The maximum absolute atomic E-state index is 12.9. The molecule has 0 aromatic heterocycles. The predicted molar refractivity (Wildman–Crippen MR) is 108 cm³/mol. The van der Waals surface area contributed by atoms with Gasteiger partial charge in [0.2, 0.25) is 10.0 Å². The number of sulfonamides is 1. The van der Waals surface area contributed by atoms with Crippen molar-refractivity contribution in [3.8, 4) is 6.07 Å². The van der Waals surface area contributed by atoms with Gasteiger partial charge in [-0.25, -0.2) is 13.2 Å². The van der Waals surface area contributed by atoms with E-state index in [4.69, 9.17) is 10.00 Å². The molecule has 29 heavy (non-hydrogen) atoms. The zero-order valence-electron chi connectivity index (χ0n) is 16.2. The normalized spacial score (nSPS) is 15.6. The summed E-state index contributed by atoms with van der Waals surface area (Å²) in [6, 6.07) is 15.4. The van der Waals surface area contributed by atoms with Gasteiger partial charge in [0.1, 0.15) is 0 Å². The second-order valence-electron chi connectivity index (χ2n) is 6.74. The number of ether oxygens (including phenoxy) is 1. The van der Waals surface area contributed by atoms with Crippen LogP contribution in [0.25, 0.3) is 0 Å². The highest BCUT2D eigenvalue weighted by Gasteiger charge is 2.28. The Hall–Kier alpha value is -2.73. The van der Waals surface area contributed by atoms with Gasteiger partial charge in [-0.15, -0.1) is 0 Å². The van der Waals surface area contributed by atoms with Gasteiger partial charge in [-0.3, -0.25) is 4.90 Å². The molecule has 0 bridgehead atoms. The van der Waals surface area contributed by atoms with E-state index >= 15 is 0 Å². The average molecular weight is 413 g/mol. The van der Waals surface area contributed by atoms with Crippen molar-refractivity contribution in [1.82, 2.24) is 9.21 Å². The largest absolute Gasteiger partial charge is 0.462 e. The quantitative estimate of drug-likeness (QED) is 0.675. The Morgan fingerprint density at radius 2 is 1.79 bits per heavy atom. The van der Waals surface area contributed by atoms with Crippen LogP contribution in [0.2, 0.25) is 0 Å². The monoisotopic (exact) mass is 413 g/mol. The number of nitrogens with zero attached hydrogens (tertiary/aromatic N) is 3. The lowest BCUT2D eigenvalue weighted by molar-refractivity contribution is 0.0526. The van der Waals surface area contributed by atoms with Gasteiger partial charge in [0, 0.05) is 32.7 Å². The number of carbonyl (C=O) groups is 1. The SMILES string of the molecule is CCOC(=O)c1ccc(S(=O)(=O)N2CCN(Cc3cccc(C#N)c3)CC2)cc1. The third kappa shape index (κ3) is 5.01. The van der Waals surface area contributed by atoms with Crippen molar-refractivity contribution in [2.75, 3.05) is 32.8 Å². The Morgan fingerprint density at radius 1 is 1.10 bits per heavy atom. The number of hydrogen-bond donors (Lipinski definition) is 0. The molecule has 8 heteroatoms. The Balaban J connectivity index is 1.62. The molecular weight excluding hydrogens is 390 g/mol. The van der Waals surface area contributed by atoms with Crippen LogP contribution >= 0.6 is 0 Å². The van der Waals surface area contributed by atoms with E-state index in [0.717, 1.165) is 5.56 Å². The minimum absolute atomic E-state index is 0.167. The van der Waals surface area contributed by atoms with E-state index in [1.54, 1.807) is 13.0 Å². The Morgan fingerprint density at radius 3 is 2.41 bits per heavy atom. The van der Waals surface area contributed by atoms with Crippen LogP contribution < -0.4 is 0 Å². The van der Waals surface area contributed by atoms with E-state index in [-0.39, 0.29) is 11.5 Å². The van der Waals surface area contributed by atoms with E-state index in [9.17, 15) is 13.2 Å². The van der Waals surface area contributed by atoms with E-state index < -0.39 is 16.0 Å². The van der Waals surface area contributed by atoms with Crippen LogP contribution in [-0.2, 0) is 21.3 Å². The molecule has 3 rings (SSSR count). The molecule has 1 heterocycles. The van der Waals surface area contributed by atoms with Crippen LogP contribution in [0, 0.1) is 11.3 Å². The van der Waals surface area contributed by atoms with Crippen molar-refractivity contribution in [1.29, 1.82) is 5.26 Å². The number of carbonyl (C=O) groups excluding carboxylic acids is 1. The fourth-order valence-electron chi connectivity index (χ4n) is 3.25. The third-order valence-corrected chi connectivity index (χ3v) is 6.71. The van der Waals surface area contributed by atoms with Gasteiger partial charge in [0.05, 0.1) is 28.7 Å². The molecule has 1 aliphatic heterocycles. The molecule has 1 aliphatic rings. The van der Waals surface area contributed by atoms with Crippen LogP contribution in [0.4, 0.5) is 0 Å². The van der Waals surface area contributed by atoms with Crippen LogP contribution in [0.1, 0.15) is 28.4 Å². The predicted octanol–water partition coefficient (Wildman–Crippen LogP) is 2.24. The summed E-state index contributed by atoms with van der Waals surface area (Å²) in [6.45, 7) is 4.66. The summed E-state index contributed by atoms with van der Waals surface area (Å²) in [4.78, 5) is 14.1. The zero-order chi connectivity index (χ0) is 20.9. The summed E-state index contributed by atoms with van der Waals surface area (Å²) in [5, 5.41) is 9.01. The smallest absolute Gasteiger partial charge is 0.338 e. The molecule has 0 spiro atoms. The summed E-state index contributed by atoms with van der Waals surface area (Å²) in [5.74, 6) is -0.467. The van der Waals surface area contributed by atoms with Gasteiger partial charge in [-0.1, -0.05) is 12.1 Å². The maximum atomic E-state index is 12.9. The van der Waals surface area contributed by atoms with Gasteiger partial charge in [0.15, 0.2) is 0 Å². The molecular formula is C21H23N3O4S. The van der Waals surface area contributed by atoms with Gasteiger partial charge in [0.25, 0.3) is 0 Å². The molecule has 7 nitrogen and oxygen atoms in total. The van der Waals surface area contributed by atoms with Gasteiger partial charge in [-0.05, 0) is 48.9 Å². The molecule has 0 N–H and O–H groups in total. The van der Waals surface area contributed by atoms with Crippen molar-refractivity contribution < 1.29 is 17.9 Å². The minimum Gasteiger partial charge on any atom is -0.462 e. The molecule has 2 aromatic rings. The molecule has 1 saturated heterocycles. The molecule has 152 valence electrons. The summed E-state index contributed by atoms with van der Waals surface area (Å²) in [7, 11) is -3.61. The van der Waals surface area contributed by atoms with Gasteiger partial charge < -0.3 is 4.74 Å². The number of hydrogen-bond acceptors (Lipinski definition) is 6. The first kappa shape index (κ1) is 21.0. The highest BCUT2D eigenvalue weighted by molar-refractivity contribution is 7.89. The molecule has 0 unspecified atom stereocenters. The molecule has 1 fully saturated rings. The van der Waals surface area contributed by atoms with E-state index in [0.29, 0.717) is 43.9 Å². The van der Waals surface area contributed by atoms with E-state index in [2.05, 4.69) is 11.0 Å². The molecule has 0 saturated carbocycles. The van der Waals surface area contributed by atoms with Crippen LogP contribution in [0.15, 0.2) is 53.4 Å². The highest BCUT2D eigenvalue weighted by atomic mass is 32.2. The van der Waals surface area contributed by atoms with Crippen molar-refractivity contribution >= 4 is 16.0 Å². The van der Waals surface area contributed by atoms with E-state index in [1.165, 1.54) is 28.6 Å². The average Bonchev–Trinajstić information content (AvgIpc) is 2.74. The summed E-state index contributed by atoms with van der Waals surface area (Å²) in [6.07, 6.45) is 0. The van der Waals surface area contributed by atoms with Crippen molar-refractivity contribution in [3.63, 3.8) is 0 Å². The second kappa shape index (κ2) is 9.18. The topological polar surface area (TPSA) is 90.7 Å². The molecule has 0 atom stereocenters. The standard InChI is InChI=1S/C21H23N3O4S/c1-2-28-21(25)19-6-8-20(9-7-19)29(26,27)24-12-10-23(11-13-24)16-18-5-3-4-17(14-18)15-22/h3-9,14H,2,10-13,16H2,1H3. The summed E-state index contributed by atoms with van der Waals surface area (Å²) < 4.78 is 32.2. The molecule has 2 aromatic carbocycles. The number of benzene rings is 2. The lowest BCUT2D eigenvalue weighted by Gasteiger charge is -2.34. The molecule has 0 aliphatic carbocycles. The fraction of sp³-hybridized carbons (Fsp3) is 0.333. The Bertz CT molecular complexity index is 1000. The number of piperazine rings is 1. The summed E-state index contributed by atoms with van der Waals surface area (Å²) >= 11 is 0. The van der Waals surface area contributed by atoms with Crippen LogP contribution in [-0.4, -0.2) is 56.4 Å². The van der Waals surface area contributed by atoms with Crippen molar-refractivity contribution in [2.45, 2.75) is 18.4 Å². The van der Waals surface area contributed by atoms with Crippen molar-refractivity contribution in [3.05, 3.63) is 65.2 Å². The van der Waals surface area contributed by atoms with Crippen molar-refractivity contribution in [2.24, 2.45) is 0 Å².